The number of nitrogens with one attached hydrogen (secondary N) is 1. The van der Waals surface area contributed by atoms with E-state index >= 15 is 0 Å². The number of piperidine rings is 1. The number of hydrogen-bond acceptors (Lipinski definition) is 7. The van der Waals surface area contributed by atoms with Gasteiger partial charge in [-0.05, 0) is 62.2 Å². The highest BCUT2D eigenvalue weighted by atomic mass is 35.5. The first-order valence-corrected chi connectivity index (χ1v) is 14.4. The zero-order valence-electron chi connectivity index (χ0n) is 21.1. The number of rotatable bonds is 8. The highest BCUT2D eigenvalue weighted by Crippen LogP contribution is 2.34. The Balaban J connectivity index is 1.67. The number of benzene rings is 2. The first-order valence-electron chi connectivity index (χ1n) is 12.1. The third kappa shape index (κ3) is 7.46. The summed E-state index contributed by atoms with van der Waals surface area (Å²) in [7, 11) is -4.48. The van der Waals surface area contributed by atoms with Gasteiger partial charge in [0.1, 0.15) is 11.6 Å². The number of carbonyl (C=O) groups excluding carboxylic acids is 1. The number of amides is 1. The molecule has 0 unspecified atom stereocenters. The topological polar surface area (TPSA) is 114 Å². The second kappa shape index (κ2) is 12.0. The van der Waals surface area contributed by atoms with Gasteiger partial charge >= 0.3 is 16.3 Å². The summed E-state index contributed by atoms with van der Waals surface area (Å²) in [5.74, 6) is -1.58. The number of aromatic nitrogens is 2. The summed E-state index contributed by atoms with van der Waals surface area (Å²) in [6.07, 6.45) is -5.56. The lowest BCUT2D eigenvalue weighted by molar-refractivity contribution is -0.130. The summed E-state index contributed by atoms with van der Waals surface area (Å²) in [5.41, 5.74) is 4.25. The van der Waals surface area contributed by atoms with E-state index in [2.05, 4.69) is 10.4 Å². The molecule has 0 radical (unpaired) electrons. The molecule has 2 N–H and O–H groups in total. The van der Waals surface area contributed by atoms with E-state index in [1.807, 2.05) is 0 Å². The van der Waals surface area contributed by atoms with Crippen LogP contribution in [0, 0.1) is 6.92 Å². The fraction of sp³-hybridized carbons (Fsp3) is 0.360. The molecule has 1 aliphatic rings. The average molecular weight is 621 g/mol. The van der Waals surface area contributed by atoms with Crippen LogP contribution in [-0.2, 0) is 10.1 Å². The molecule has 1 saturated heterocycles. The Morgan fingerprint density at radius 1 is 1.15 bits per heavy atom. The number of imidazole rings is 1. The molecule has 4 rings (SSSR count). The van der Waals surface area contributed by atoms with Crippen LogP contribution in [0.4, 0.5) is 13.2 Å². The largest absolute Gasteiger partial charge is 0.393 e. The maximum atomic E-state index is 13.2. The van der Waals surface area contributed by atoms with Gasteiger partial charge in [-0.3, -0.25) is 14.8 Å². The van der Waals surface area contributed by atoms with Gasteiger partial charge in [-0.2, -0.15) is 21.6 Å². The summed E-state index contributed by atoms with van der Waals surface area (Å²) in [6, 6.07) is 10.3. The molecule has 0 atom stereocenters. The maximum Gasteiger partial charge on any atom is 0.390 e. The Hall–Kier alpha value is -2.84. The molecule has 1 amide bonds. The number of halogens is 5. The maximum absolute atomic E-state index is 13.2. The number of alkyl halides is 3. The lowest BCUT2D eigenvalue weighted by Crippen LogP contribution is -2.47. The Morgan fingerprint density at radius 2 is 1.80 bits per heavy atom. The molecule has 40 heavy (non-hydrogen) atoms. The zero-order valence-corrected chi connectivity index (χ0v) is 23.4. The normalized spacial score (nSPS) is 15.3. The number of hydrazine groups is 1. The van der Waals surface area contributed by atoms with Crippen molar-refractivity contribution in [3.8, 4) is 22.8 Å². The van der Waals surface area contributed by atoms with Crippen molar-refractivity contribution in [3.63, 3.8) is 0 Å². The summed E-state index contributed by atoms with van der Waals surface area (Å²) in [6.45, 7) is 2.60. The van der Waals surface area contributed by atoms with Crippen molar-refractivity contribution in [1.82, 2.24) is 20.0 Å². The monoisotopic (exact) mass is 620 g/mol. The van der Waals surface area contributed by atoms with Crippen LogP contribution >= 0.6 is 23.2 Å². The molecular weight excluding hydrogens is 596 g/mol. The lowest BCUT2D eigenvalue weighted by Gasteiger charge is -2.29. The highest BCUT2D eigenvalue weighted by Gasteiger charge is 2.31. The fourth-order valence-electron chi connectivity index (χ4n) is 4.14. The summed E-state index contributed by atoms with van der Waals surface area (Å²) in [5, 5.41) is 12.1. The molecule has 2 aromatic carbocycles. The van der Waals surface area contributed by atoms with E-state index in [4.69, 9.17) is 27.4 Å². The molecule has 1 fully saturated rings. The van der Waals surface area contributed by atoms with E-state index in [-0.39, 0.29) is 16.5 Å². The molecule has 9 nitrogen and oxygen atoms in total. The van der Waals surface area contributed by atoms with Crippen LogP contribution in [0.1, 0.15) is 35.4 Å². The van der Waals surface area contributed by atoms with Gasteiger partial charge in [0.2, 0.25) is 0 Å². The summed E-state index contributed by atoms with van der Waals surface area (Å²) < 4.78 is 67.8. The highest BCUT2D eigenvalue weighted by molar-refractivity contribution is 7.87. The molecule has 0 spiro atoms. The van der Waals surface area contributed by atoms with Crippen molar-refractivity contribution in [2.24, 2.45) is 0 Å². The predicted octanol–water partition coefficient (Wildman–Crippen LogP) is 4.92. The molecule has 1 aliphatic heterocycles. The number of nitrogens with zero attached hydrogens (tertiary/aromatic N) is 3. The summed E-state index contributed by atoms with van der Waals surface area (Å²) >= 11 is 12.5. The Morgan fingerprint density at radius 3 is 2.40 bits per heavy atom. The van der Waals surface area contributed by atoms with Crippen LogP contribution in [0.2, 0.25) is 10.0 Å². The van der Waals surface area contributed by atoms with Crippen LogP contribution in [0.5, 0.6) is 5.75 Å². The molecule has 0 saturated carbocycles. The molecule has 0 bridgehead atoms. The van der Waals surface area contributed by atoms with E-state index in [1.54, 1.807) is 28.6 Å². The first kappa shape index (κ1) is 30.1. The number of aliphatic hydroxyl groups excluding tert-OH is 1. The van der Waals surface area contributed by atoms with Gasteiger partial charge in [-0.15, -0.1) is 0 Å². The second-order valence-electron chi connectivity index (χ2n) is 9.19. The standard InChI is InChI=1S/C25H25Cl2F3N4O5S/c1-15-22(24(36)32-33-11-8-18(35)9-12-33)31-23(20-7-2-16(26)14-21(20)27)34(15)17-3-5-19(6-4-17)39-40(37,38)13-10-25(28,29)30/h2-7,14,18,35H,8-13H2,1H3,(H,32,36). The smallest absolute Gasteiger partial charge is 0.390 e. The fourth-order valence-corrected chi connectivity index (χ4v) is 5.60. The molecule has 0 aliphatic carbocycles. The minimum absolute atomic E-state index is 0.0993. The second-order valence-corrected chi connectivity index (χ2v) is 11.7. The van der Waals surface area contributed by atoms with Gasteiger partial charge < -0.3 is 9.29 Å². The number of hydrogen-bond donors (Lipinski definition) is 2. The van der Waals surface area contributed by atoms with Gasteiger partial charge in [0.15, 0.2) is 5.69 Å². The van der Waals surface area contributed by atoms with Crippen molar-refractivity contribution in [3.05, 3.63) is 63.9 Å². The minimum atomic E-state index is -4.64. The molecule has 2 heterocycles. The van der Waals surface area contributed by atoms with Crippen molar-refractivity contribution in [2.45, 2.75) is 38.5 Å². The summed E-state index contributed by atoms with van der Waals surface area (Å²) in [4.78, 5) is 17.8. The van der Waals surface area contributed by atoms with Crippen LogP contribution in [0.25, 0.3) is 17.1 Å². The number of aliphatic hydroxyl groups is 1. The molecule has 1 aromatic heterocycles. The van der Waals surface area contributed by atoms with Gasteiger partial charge in [-0.1, -0.05) is 23.2 Å². The van der Waals surface area contributed by atoms with Crippen molar-refractivity contribution in [1.29, 1.82) is 0 Å². The van der Waals surface area contributed by atoms with Crippen molar-refractivity contribution in [2.75, 3.05) is 18.8 Å². The van der Waals surface area contributed by atoms with E-state index in [0.29, 0.717) is 53.7 Å². The Kier molecular flexibility index (Phi) is 9.00. The molecule has 15 heteroatoms. The quantitative estimate of drug-likeness (QED) is 0.344. The van der Waals surface area contributed by atoms with Gasteiger partial charge in [0.25, 0.3) is 5.91 Å². The van der Waals surface area contributed by atoms with E-state index in [1.165, 1.54) is 30.3 Å². The van der Waals surface area contributed by atoms with E-state index in [9.17, 15) is 31.5 Å². The van der Waals surface area contributed by atoms with E-state index < -0.39 is 40.5 Å². The van der Waals surface area contributed by atoms with Crippen molar-refractivity contribution < 1.29 is 35.7 Å². The van der Waals surface area contributed by atoms with Crippen molar-refractivity contribution >= 4 is 39.2 Å². The van der Waals surface area contributed by atoms with Crippen LogP contribution in [-0.4, -0.2) is 65.1 Å². The zero-order chi connectivity index (χ0) is 29.2. The predicted molar refractivity (Wildman–Crippen MR) is 143 cm³/mol. The third-order valence-electron chi connectivity index (χ3n) is 6.17. The lowest BCUT2D eigenvalue weighted by atomic mass is 10.1. The van der Waals surface area contributed by atoms with Crippen LogP contribution in [0.3, 0.4) is 0 Å². The van der Waals surface area contributed by atoms with Gasteiger partial charge in [0.05, 0.1) is 29.0 Å². The number of carbonyl (C=O) groups is 1. The minimum Gasteiger partial charge on any atom is -0.393 e. The third-order valence-corrected chi connectivity index (χ3v) is 7.87. The Labute approximate surface area is 238 Å². The molecule has 3 aromatic rings. The SMILES string of the molecule is Cc1c(C(=O)NN2CCC(O)CC2)nc(-c2ccc(Cl)cc2Cl)n1-c1ccc(OS(=O)(=O)CCC(F)(F)F)cc1. The first-order chi connectivity index (χ1) is 18.7. The average Bonchev–Trinajstić information content (AvgIpc) is 3.21. The van der Waals surface area contributed by atoms with Crippen LogP contribution in [0.15, 0.2) is 42.5 Å². The van der Waals surface area contributed by atoms with Crippen LogP contribution < -0.4 is 9.61 Å². The molecular formula is C25H25Cl2F3N4O5S. The molecule has 216 valence electrons. The van der Waals surface area contributed by atoms with Gasteiger partial charge in [-0.25, -0.2) is 9.99 Å². The van der Waals surface area contributed by atoms with Gasteiger partial charge in [0, 0.05) is 29.4 Å². The van der Waals surface area contributed by atoms with E-state index in [0.717, 1.165) is 0 Å². The Bertz CT molecular complexity index is 1490.